The third-order valence-corrected chi connectivity index (χ3v) is 3.55. The Bertz CT molecular complexity index is 810. The van der Waals surface area contributed by atoms with Crippen molar-refractivity contribution >= 4 is 23.8 Å². The van der Waals surface area contributed by atoms with E-state index in [9.17, 15) is 9.90 Å². The van der Waals surface area contributed by atoms with Gasteiger partial charge in [0.1, 0.15) is 11.0 Å². The summed E-state index contributed by atoms with van der Waals surface area (Å²) in [7, 11) is 1.45. The maximum absolute atomic E-state index is 11.4. The van der Waals surface area contributed by atoms with E-state index in [1.165, 1.54) is 13.2 Å². The van der Waals surface area contributed by atoms with Crippen molar-refractivity contribution in [2.75, 3.05) is 13.7 Å². The van der Waals surface area contributed by atoms with Crippen molar-refractivity contribution in [2.24, 2.45) is 0 Å². The van der Waals surface area contributed by atoms with Crippen molar-refractivity contribution in [1.29, 1.82) is 5.26 Å². The topological polar surface area (TPSA) is 118 Å². The lowest BCUT2D eigenvalue weighted by Gasteiger charge is -2.09. The van der Waals surface area contributed by atoms with Crippen LogP contribution in [0.2, 0.25) is 0 Å². The Morgan fingerprint density at radius 2 is 2.25 bits per heavy atom. The summed E-state index contributed by atoms with van der Waals surface area (Å²) in [5, 5.41) is 25.4. The lowest BCUT2D eigenvalue weighted by molar-refractivity contribution is -0.131. The van der Waals surface area contributed by atoms with Crippen LogP contribution in [-0.4, -0.2) is 35.0 Å². The fourth-order valence-electron chi connectivity index (χ4n) is 1.70. The van der Waals surface area contributed by atoms with Crippen molar-refractivity contribution in [3.05, 3.63) is 34.6 Å². The number of ether oxygens (including phenoxy) is 2. The summed E-state index contributed by atoms with van der Waals surface area (Å²) in [5.74, 6) is 0.0122. The van der Waals surface area contributed by atoms with E-state index in [4.69, 9.17) is 19.2 Å². The van der Waals surface area contributed by atoms with Crippen molar-refractivity contribution in [1.82, 2.24) is 10.2 Å². The zero-order chi connectivity index (χ0) is 17.5. The molecule has 1 aromatic heterocycles. The molecule has 0 aliphatic heterocycles. The molecule has 1 N–H and O–H groups in total. The van der Waals surface area contributed by atoms with E-state index in [-0.39, 0.29) is 16.7 Å². The summed E-state index contributed by atoms with van der Waals surface area (Å²) in [6.07, 6.45) is 1.45. The van der Waals surface area contributed by atoms with E-state index in [2.05, 4.69) is 10.2 Å². The minimum Gasteiger partial charge on any atom is -0.493 e. The molecule has 0 spiro atoms. The smallest absolute Gasteiger partial charge is 0.342 e. The quantitative estimate of drug-likeness (QED) is 0.595. The first-order valence-electron chi connectivity index (χ1n) is 6.64. The highest BCUT2D eigenvalue weighted by atomic mass is 32.2. The van der Waals surface area contributed by atoms with Gasteiger partial charge in [0, 0.05) is 6.92 Å². The number of aryl methyl sites for hydroxylation is 1. The van der Waals surface area contributed by atoms with Gasteiger partial charge in [0.05, 0.1) is 7.11 Å². The fraction of sp³-hybridized carbons (Fsp3) is 0.200. The Balaban J connectivity index is 2.28. The molecule has 0 bridgehead atoms. The molecule has 0 aliphatic carbocycles. The monoisotopic (exact) mass is 347 g/mol. The van der Waals surface area contributed by atoms with Crippen LogP contribution < -0.4 is 9.47 Å². The van der Waals surface area contributed by atoms with Crippen molar-refractivity contribution in [3.63, 3.8) is 0 Å². The maximum atomic E-state index is 11.4. The van der Waals surface area contributed by atoms with Crippen LogP contribution in [0.5, 0.6) is 11.5 Å². The molecule has 0 unspecified atom stereocenters. The number of aliphatic carboxylic acids is 1. The molecule has 0 saturated heterocycles. The van der Waals surface area contributed by atoms with Crippen LogP contribution in [-0.2, 0) is 4.79 Å². The molecule has 0 aliphatic rings. The molecule has 0 fully saturated rings. The number of nitrogens with zero attached hydrogens (tertiary/aromatic N) is 3. The van der Waals surface area contributed by atoms with E-state index < -0.39 is 5.97 Å². The SMILES string of the molecule is COc1cc(/C=C(\Sc2nnc(C)o2)C(=O)O)ccc1OCC#N. The molecule has 0 atom stereocenters. The second-order valence-electron chi connectivity index (χ2n) is 4.36. The number of rotatable bonds is 7. The molecular weight excluding hydrogens is 334 g/mol. The first kappa shape index (κ1) is 17.4. The summed E-state index contributed by atoms with van der Waals surface area (Å²) >= 11 is 0.850. The van der Waals surface area contributed by atoms with Crippen LogP contribution in [0.15, 0.2) is 32.7 Å². The van der Waals surface area contributed by atoms with E-state index in [1.807, 2.05) is 6.07 Å². The molecule has 8 nitrogen and oxygen atoms in total. The predicted octanol–water partition coefficient (Wildman–Crippen LogP) is 2.51. The van der Waals surface area contributed by atoms with Crippen LogP contribution in [0.4, 0.5) is 0 Å². The minimum atomic E-state index is -1.13. The van der Waals surface area contributed by atoms with Gasteiger partial charge in [-0.2, -0.15) is 5.26 Å². The number of carbonyl (C=O) groups is 1. The Kier molecular flexibility index (Phi) is 5.81. The lowest BCUT2D eigenvalue weighted by atomic mass is 10.2. The van der Waals surface area contributed by atoms with Crippen LogP contribution in [0.1, 0.15) is 11.5 Å². The molecule has 1 heterocycles. The zero-order valence-electron chi connectivity index (χ0n) is 12.8. The summed E-state index contributed by atoms with van der Waals surface area (Å²) in [4.78, 5) is 11.4. The maximum Gasteiger partial charge on any atom is 0.342 e. The second kappa shape index (κ2) is 8.03. The molecule has 24 heavy (non-hydrogen) atoms. The van der Waals surface area contributed by atoms with E-state index >= 15 is 0 Å². The van der Waals surface area contributed by atoms with Gasteiger partial charge in [0.25, 0.3) is 5.22 Å². The fourth-order valence-corrected chi connectivity index (χ4v) is 2.42. The molecule has 1 aromatic carbocycles. The van der Waals surface area contributed by atoms with Crippen LogP contribution in [0, 0.1) is 18.3 Å². The van der Waals surface area contributed by atoms with Gasteiger partial charge < -0.3 is 19.0 Å². The molecule has 124 valence electrons. The number of hydrogen-bond acceptors (Lipinski definition) is 8. The first-order chi connectivity index (χ1) is 11.5. The molecule has 0 saturated carbocycles. The van der Waals surface area contributed by atoms with Crippen molar-refractivity contribution < 1.29 is 23.8 Å². The average molecular weight is 347 g/mol. The van der Waals surface area contributed by atoms with Crippen molar-refractivity contribution in [2.45, 2.75) is 12.1 Å². The van der Waals surface area contributed by atoms with Gasteiger partial charge in [-0.3, -0.25) is 0 Å². The number of benzene rings is 1. The van der Waals surface area contributed by atoms with Gasteiger partial charge in [-0.25, -0.2) is 4.79 Å². The van der Waals surface area contributed by atoms with Crippen LogP contribution >= 0.6 is 11.8 Å². The number of thioether (sulfide) groups is 1. The number of hydrogen-bond donors (Lipinski definition) is 1. The van der Waals surface area contributed by atoms with Gasteiger partial charge >= 0.3 is 5.97 Å². The summed E-state index contributed by atoms with van der Waals surface area (Å²) < 4.78 is 15.6. The number of aromatic nitrogens is 2. The van der Waals surface area contributed by atoms with Crippen molar-refractivity contribution in [3.8, 4) is 17.6 Å². The number of carboxylic acid groups (broad SMARTS) is 1. The normalized spacial score (nSPS) is 11.0. The second-order valence-corrected chi connectivity index (χ2v) is 5.35. The third-order valence-electron chi connectivity index (χ3n) is 2.69. The van der Waals surface area contributed by atoms with Gasteiger partial charge in [-0.15, -0.1) is 10.2 Å². The number of methoxy groups -OCH3 is 1. The van der Waals surface area contributed by atoms with Crippen LogP contribution in [0.3, 0.4) is 0 Å². The number of carboxylic acids is 1. The molecular formula is C15H13N3O5S. The zero-order valence-corrected chi connectivity index (χ0v) is 13.7. The summed E-state index contributed by atoms with van der Waals surface area (Å²) in [5.41, 5.74) is 0.581. The van der Waals surface area contributed by atoms with Gasteiger partial charge in [-0.05, 0) is 35.5 Å². The molecule has 0 radical (unpaired) electrons. The number of nitriles is 1. The van der Waals surface area contributed by atoms with E-state index in [0.29, 0.717) is 23.0 Å². The lowest BCUT2D eigenvalue weighted by Crippen LogP contribution is -1.98. The Labute approximate surface area is 141 Å². The first-order valence-corrected chi connectivity index (χ1v) is 7.46. The Hall–Kier alpha value is -2.99. The molecule has 9 heteroatoms. The van der Waals surface area contributed by atoms with Crippen LogP contribution in [0.25, 0.3) is 6.08 Å². The highest BCUT2D eigenvalue weighted by Crippen LogP contribution is 2.31. The molecule has 0 amide bonds. The summed E-state index contributed by atoms with van der Waals surface area (Å²) in [6.45, 7) is 1.50. The molecule has 2 aromatic rings. The Morgan fingerprint density at radius 3 is 2.83 bits per heavy atom. The van der Waals surface area contributed by atoms with E-state index in [0.717, 1.165) is 11.8 Å². The molecule has 2 rings (SSSR count). The van der Waals surface area contributed by atoms with Gasteiger partial charge in [-0.1, -0.05) is 6.07 Å². The minimum absolute atomic E-state index is 0.00592. The summed E-state index contributed by atoms with van der Waals surface area (Å²) in [6, 6.07) is 6.72. The third kappa shape index (κ3) is 4.50. The predicted molar refractivity (Wildman–Crippen MR) is 84.6 cm³/mol. The largest absolute Gasteiger partial charge is 0.493 e. The standard InChI is InChI=1S/C15H13N3O5S/c1-9-17-18-15(23-9)24-13(14(19)20)8-10-3-4-11(22-6-5-16)12(7-10)21-2/h3-4,7-8H,6H2,1-2H3,(H,19,20)/b13-8-. The highest BCUT2D eigenvalue weighted by Gasteiger charge is 2.15. The van der Waals surface area contributed by atoms with Gasteiger partial charge in [0.2, 0.25) is 5.89 Å². The average Bonchev–Trinajstić information content (AvgIpc) is 2.97. The van der Waals surface area contributed by atoms with E-state index in [1.54, 1.807) is 25.1 Å². The van der Waals surface area contributed by atoms with Gasteiger partial charge in [0.15, 0.2) is 18.1 Å². The Morgan fingerprint density at radius 1 is 1.46 bits per heavy atom. The highest BCUT2D eigenvalue weighted by molar-refractivity contribution is 8.03.